The number of nitrogens with two attached hydrogens (primary N) is 1. The number of urea groups is 1. The van der Waals surface area contributed by atoms with Gasteiger partial charge in [-0.05, 0) is 43.4 Å². The number of carbonyl (C=O) groups excluding carboxylic acids is 1. The molecular weight excluding hydrogens is 254 g/mol. The molecule has 0 heterocycles. The summed E-state index contributed by atoms with van der Waals surface area (Å²) in [4.78, 5) is 13.7. The molecule has 5 heteroatoms. The van der Waals surface area contributed by atoms with Crippen molar-refractivity contribution < 1.29 is 9.90 Å². The maximum absolute atomic E-state index is 12.0. The van der Waals surface area contributed by atoms with Crippen molar-refractivity contribution in [2.75, 3.05) is 18.9 Å². The van der Waals surface area contributed by atoms with Crippen LogP contribution in [0.25, 0.3) is 0 Å². The molecule has 4 N–H and O–H groups in total. The van der Waals surface area contributed by atoms with Crippen molar-refractivity contribution in [3.63, 3.8) is 0 Å². The first-order valence-electron chi connectivity index (χ1n) is 7.01. The number of hydrogen-bond acceptors (Lipinski definition) is 3. The summed E-state index contributed by atoms with van der Waals surface area (Å²) < 4.78 is 0. The van der Waals surface area contributed by atoms with Crippen molar-refractivity contribution in [1.29, 1.82) is 0 Å². The average Bonchev–Trinajstić information content (AvgIpc) is 2.37. The van der Waals surface area contributed by atoms with Crippen LogP contribution in [0.2, 0.25) is 0 Å². The molecule has 1 aromatic rings. The van der Waals surface area contributed by atoms with E-state index >= 15 is 0 Å². The summed E-state index contributed by atoms with van der Waals surface area (Å²) in [5.41, 5.74) is 7.59. The van der Waals surface area contributed by atoms with Gasteiger partial charge in [-0.1, -0.05) is 12.1 Å². The Morgan fingerprint density at radius 1 is 1.45 bits per heavy atom. The van der Waals surface area contributed by atoms with Gasteiger partial charge in [-0.15, -0.1) is 0 Å². The van der Waals surface area contributed by atoms with Crippen molar-refractivity contribution in [1.82, 2.24) is 4.90 Å². The standard InChI is InChI=1S/C15H23N3O2/c1-10(16)12-3-5-13(6-4-12)17-15(20)18(2)9-11-7-14(19)8-11/h3-6,10-11,14,19H,7-9,16H2,1-2H3,(H,17,20). The van der Waals surface area contributed by atoms with Gasteiger partial charge in [0.15, 0.2) is 0 Å². The molecule has 1 saturated carbocycles. The van der Waals surface area contributed by atoms with Gasteiger partial charge >= 0.3 is 6.03 Å². The Bertz CT molecular complexity index is 453. The number of benzene rings is 1. The number of carbonyl (C=O) groups is 1. The number of anilines is 1. The third kappa shape index (κ3) is 3.71. The highest BCUT2D eigenvalue weighted by atomic mass is 16.3. The Balaban J connectivity index is 1.83. The topological polar surface area (TPSA) is 78.6 Å². The Hall–Kier alpha value is -1.59. The SMILES string of the molecule is CC(N)c1ccc(NC(=O)N(C)CC2CC(O)C2)cc1. The second-order valence-electron chi connectivity index (χ2n) is 5.71. The third-order valence-corrected chi connectivity index (χ3v) is 3.78. The van der Waals surface area contributed by atoms with Crippen molar-refractivity contribution in [2.24, 2.45) is 11.7 Å². The van der Waals surface area contributed by atoms with Gasteiger partial charge in [0.05, 0.1) is 6.10 Å². The molecule has 0 aromatic heterocycles. The lowest BCUT2D eigenvalue weighted by Gasteiger charge is -2.34. The Kier molecular flexibility index (Phi) is 4.62. The van der Waals surface area contributed by atoms with E-state index in [1.54, 1.807) is 11.9 Å². The molecule has 2 amide bonds. The van der Waals surface area contributed by atoms with E-state index in [9.17, 15) is 9.90 Å². The van der Waals surface area contributed by atoms with Gasteiger partial charge < -0.3 is 21.1 Å². The zero-order chi connectivity index (χ0) is 14.7. The quantitative estimate of drug-likeness (QED) is 0.787. The van der Waals surface area contributed by atoms with Crippen LogP contribution in [-0.2, 0) is 0 Å². The summed E-state index contributed by atoms with van der Waals surface area (Å²) >= 11 is 0. The Morgan fingerprint density at radius 3 is 2.55 bits per heavy atom. The molecule has 1 aliphatic rings. The summed E-state index contributed by atoms with van der Waals surface area (Å²) in [5.74, 6) is 0.418. The van der Waals surface area contributed by atoms with Gasteiger partial charge in [0.1, 0.15) is 0 Å². The fraction of sp³-hybridized carbons (Fsp3) is 0.533. The van der Waals surface area contributed by atoms with Crippen LogP contribution in [0.4, 0.5) is 10.5 Å². The normalized spacial score (nSPS) is 22.8. The number of nitrogens with zero attached hydrogens (tertiary/aromatic N) is 1. The van der Waals surface area contributed by atoms with Gasteiger partial charge in [-0.3, -0.25) is 0 Å². The number of hydrogen-bond donors (Lipinski definition) is 3. The molecule has 0 saturated heterocycles. The maximum Gasteiger partial charge on any atom is 0.321 e. The number of rotatable bonds is 4. The summed E-state index contributed by atoms with van der Waals surface area (Å²) in [6.45, 7) is 2.61. The van der Waals surface area contributed by atoms with E-state index in [0.717, 1.165) is 24.1 Å². The minimum atomic E-state index is -0.178. The molecule has 110 valence electrons. The van der Waals surface area contributed by atoms with E-state index in [0.29, 0.717) is 12.5 Å². The molecule has 1 atom stereocenters. The van der Waals surface area contributed by atoms with Crippen molar-refractivity contribution in [3.05, 3.63) is 29.8 Å². The molecule has 5 nitrogen and oxygen atoms in total. The van der Waals surface area contributed by atoms with Crippen LogP contribution >= 0.6 is 0 Å². The van der Waals surface area contributed by atoms with Crippen molar-refractivity contribution in [2.45, 2.75) is 31.9 Å². The van der Waals surface area contributed by atoms with Gasteiger partial charge in [0.2, 0.25) is 0 Å². The fourth-order valence-electron chi connectivity index (χ4n) is 2.41. The van der Waals surface area contributed by atoms with Crippen LogP contribution < -0.4 is 11.1 Å². The summed E-state index contributed by atoms with van der Waals surface area (Å²) in [7, 11) is 1.77. The predicted molar refractivity (Wildman–Crippen MR) is 79.4 cm³/mol. The molecule has 0 bridgehead atoms. The highest BCUT2D eigenvalue weighted by Crippen LogP contribution is 2.27. The Morgan fingerprint density at radius 2 is 2.05 bits per heavy atom. The number of amides is 2. The van der Waals surface area contributed by atoms with E-state index in [4.69, 9.17) is 5.73 Å². The average molecular weight is 277 g/mol. The van der Waals surface area contributed by atoms with Crippen LogP contribution in [0.3, 0.4) is 0 Å². The zero-order valence-electron chi connectivity index (χ0n) is 12.0. The molecular formula is C15H23N3O2. The molecule has 1 aromatic carbocycles. The molecule has 0 radical (unpaired) electrons. The monoisotopic (exact) mass is 277 g/mol. The minimum Gasteiger partial charge on any atom is -0.393 e. The van der Waals surface area contributed by atoms with Crippen LogP contribution in [0.5, 0.6) is 0 Å². The molecule has 1 aliphatic carbocycles. The van der Waals surface area contributed by atoms with Gasteiger partial charge in [-0.2, -0.15) is 0 Å². The lowest BCUT2D eigenvalue weighted by molar-refractivity contribution is 0.0332. The highest BCUT2D eigenvalue weighted by Gasteiger charge is 2.29. The number of nitrogens with one attached hydrogen (secondary N) is 1. The molecule has 20 heavy (non-hydrogen) atoms. The van der Waals surface area contributed by atoms with Crippen molar-refractivity contribution in [3.8, 4) is 0 Å². The van der Waals surface area contributed by atoms with Crippen LogP contribution in [0, 0.1) is 5.92 Å². The van der Waals surface area contributed by atoms with Gasteiger partial charge in [-0.25, -0.2) is 4.79 Å². The Labute approximate surface area is 119 Å². The predicted octanol–water partition coefficient (Wildman–Crippen LogP) is 1.94. The van der Waals surface area contributed by atoms with Crippen LogP contribution in [-0.4, -0.2) is 35.7 Å². The molecule has 2 rings (SSSR count). The van der Waals surface area contributed by atoms with E-state index in [2.05, 4.69) is 5.32 Å². The highest BCUT2D eigenvalue weighted by molar-refractivity contribution is 5.89. The van der Waals surface area contributed by atoms with Crippen molar-refractivity contribution >= 4 is 11.7 Å². The van der Waals surface area contributed by atoms with E-state index in [1.807, 2.05) is 31.2 Å². The van der Waals surface area contributed by atoms with Gasteiger partial charge in [0.25, 0.3) is 0 Å². The second kappa shape index (κ2) is 6.24. The largest absolute Gasteiger partial charge is 0.393 e. The number of aliphatic hydroxyl groups excluding tert-OH is 1. The maximum atomic E-state index is 12.0. The minimum absolute atomic E-state index is 0.00697. The van der Waals surface area contributed by atoms with Crippen LogP contribution in [0.1, 0.15) is 31.4 Å². The first-order valence-corrected chi connectivity index (χ1v) is 7.01. The zero-order valence-corrected chi connectivity index (χ0v) is 12.0. The smallest absolute Gasteiger partial charge is 0.321 e. The third-order valence-electron chi connectivity index (χ3n) is 3.78. The lowest BCUT2D eigenvalue weighted by atomic mass is 9.82. The van der Waals surface area contributed by atoms with Gasteiger partial charge in [0, 0.05) is 25.3 Å². The molecule has 1 unspecified atom stereocenters. The number of aliphatic hydroxyl groups is 1. The molecule has 0 aliphatic heterocycles. The second-order valence-corrected chi connectivity index (χ2v) is 5.71. The van der Waals surface area contributed by atoms with E-state index in [1.165, 1.54) is 0 Å². The first-order chi connectivity index (χ1) is 9.45. The first kappa shape index (κ1) is 14.8. The summed E-state index contributed by atoms with van der Waals surface area (Å²) in [6, 6.07) is 7.42. The summed E-state index contributed by atoms with van der Waals surface area (Å²) in [6.07, 6.45) is 1.41. The molecule has 1 fully saturated rings. The van der Waals surface area contributed by atoms with E-state index < -0.39 is 0 Å². The van der Waals surface area contributed by atoms with Crippen LogP contribution in [0.15, 0.2) is 24.3 Å². The fourth-order valence-corrected chi connectivity index (χ4v) is 2.41. The summed E-state index contributed by atoms with van der Waals surface area (Å²) in [5, 5.41) is 12.1. The molecule has 0 spiro atoms. The van der Waals surface area contributed by atoms with E-state index in [-0.39, 0.29) is 18.2 Å². The lowest BCUT2D eigenvalue weighted by Crippen LogP contribution is -2.41.